The molecule has 2 aromatic rings. The third kappa shape index (κ3) is 6.82. The summed E-state index contributed by atoms with van der Waals surface area (Å²) in [5, 5.41) is 5.96. The monoisotopic (exact) mass is 392 g/mol. The summed E-state index contributed by atoms with van der Waals surface area (Å²) in [6, 6.07) is 14.4. The van der Waals surface area contributed by atoms with Gasteiger partial charge in [-0.25, -0.2) is 8.42 Å². The largest absolute Gasteiger partial charge is 0.325 e. The Morgan fingerprint density at radius 3 is 2.12 bits per heavy atom. The normalized spacial score (nSPS) is 11.3. The molecule has 0 unspecified atom stereocenters. The molecular weight excluding hydrogens is 368 g/mol. The lowest BCUT2D eigenvalue weighted by Crippen LogP contribution is -2.28. The first-order valence-corrected chi connectivity index (χ1v) is 11.2. The third-order valence-corrected chi connectivity index (χ3v) is 5.76. The van der Waals surface area contributed by atoms with Gasteiger partial charge in [0, 0.05) is 21.7 Å². The summed E-state index contributed by atoms with van der Waals surface area (Å²) in [6.45, 7) is 3.27. The molecule has 140 valence electrons. The zero-order valence-corrected chi connectivity index (χ0v) is 16.6. The fourth-order valence-electron chi connectivity index (χ4n) is 2.21. The number of anilines is 1. The van der Waals surface area contributed by atoms with Crippen molar-refractivity contribution in [2.45, 2.75) is 34.5 Å². The second-order valence-corrected chi connectivity index (χ2v) is 9.11. The van der Waals surface area contributed by atoms with Crippen molar-refractivity contribution in [1.29, 1.82) is 0 Å². The van der Waals surface area contributed by atoms with E-state index in [1.807, 2.05) is 24.3 Å². The third-order valence-electron chi connectivity index (χ3n) is 3.62. The SMILES string of the molecule is CCCCNCC(=O)Nc1ccc(Sc2ccc(S(C)(=O)=O)cc2)cc1. The van der Waals surface area contributed by atoms with Crippen molar-refractivity contribution >= 4 is 33.2 Å². The van der Waals surface area contributed by atoms with E-state index < -0.39 is 9.84 Å². The van der Waals surface area contributed by atoms with Crippen molar-refractivity contribution in [3.63, 3.8) is 0 Å². The maximum Gasteiger partial charge on any atom is 0.238 e. The Bertz CT molecular complexity index is 817. The van der Waals surface area contributed by atoms with Gasteiger partial charge in [-0.3, -0.25) is 4.79 Å². The summed E-state index contributed by atoms with van der Waals surface area (Å²) in [7, 11) is -3.17. The Labute approximate surface area is 159 Å². The average Bonchev–Trinajstić information content (AvgIpc) is 2.60. The number of sulfone groups is 1. The molecule has 0 heterocycles. The van der Waals surface area contributed by atoms with Gasteiger partial charge >= 0.3 is 0 Å². The van der Waals surface area contributed by atoms with Crippen molar-refractivity contribution in [2.24, 2.45) is 0 Å². The number of hydrogen-bond acceptors (Lipinski definition) is 5. The molecule has 5 nitrogen and oxygen atoms in total. The standard InChI is InChI=1S/C19H24N2O3S2/c1-3-4-13-20-14-19(22)21-15-5-7-16(8-6-15)25-17-9-11-18(12-10-17)26(2,23)24/h5-12,20H,3-4,13-14H2,1-2H3,(H,21,22). The molecule has 0 fully saturated rings. The van der Waals surface area contributed by atoms with Crippen LogP contribution in [-0.2, 0) is 14.6 Å². The molecule has 7 heteroatoms. The van der Waals surface area contributed by atoms with Gasteiger partial charge < -0.3 is 10.6 Å². The maximum absolute atomic E-state index is 11.8. The number of unbranched alkanes of at least 4 members (excludes halogenated alkanes) is 1. The number of carbonyl (C=O) groups is 1. The highest BCUT2D eigenvalue weighted by atomic mass is 32.2. The first kappa shape index (κ1) is 20.5. The van der Waals surface area contributed by atoms with E-state index in [1.54, 1.807) is 24.3 Å². The lowest BCUT2D eigenvalue weighted by atomic mass is 10.3. The van der Waals surface area contributed by atoms with E-state index in [1.165, 1.54) is 18.0 Å². The summed E-state index contributed by atoms with van der Waals surface area (Å²) >= 11 is 1.53. The number of nitrogens with one attached hydrogen (secondary N) is 2. The van der Waals surface area contributed by atoms with Crippen molar-refractivity contribution in [1.82, 2.24) is 5.32 Å². The lowest BCUT2D eigenvalue weighted by Gasteiger charge is -2.08. The van der Waals surface area contributed by atoms with E-state index in [0.29, 0.717) is 11.4 Å². The molecule has 0 aliphatic rings. The Kier molecular flexibility index (Phi) is 7.68. The molecule has 0 aliphatic heterocycles. The maximum atomic E-state index is 11.8. The summed E-state index contributed by atoms with van der Waals surface area (Å²) in [5.74, 6) is -0.0575. The van der Waals surface area contributed by atoms with E-state index in [9.17, 15) is 13.2 Å². The summed E-state index contributed by atoms with van der Waals surface area (Å²) in [5.41, 5.74) is 0.754. The van der Waals surface area contributed by atoms with Gasteiger partial charge in [0.05, 0.1) is 11.4 Å². The minimum absolute atomic E-state index is 0.0575. The smallest absolute Gasteiger partial charge is 0.238 e. The van der Waals surface area contributed by atoms with Gasteiger partial charge in [0.15, 0.2) is 9.84 Å². The van der Waals surface area contributed by atoms with Crippen LogP contribution in [0.5, 0.6) is 0 Å². The molecule has 2 aromatic carbocycles. The van der Waals surface area contributed by atoms with Crippen molar-refractivity contribution < 1.29 is 13.2 Å². The number of amides is 1. The Morgan fingerprint density at radius 1 is 1.00 bits per heavy atom. The quantitative estimate of drug-likeness (QED) is 0.638. The molecule has 2 N–H and O–H groups in total. The van der Waals surface area contributed by atoms with Crippen LogP contribution in [0.2, 0.25) is 0 Å². The fourth-order valence-corrected chi connectivity index (χ4v) is 3.65. The van der Waals surface area contributed by atoms with E-state index in [4.69, 9.17) is 0 Å². The Hall–Kier alpha value is -1.83. The minimum atomic E-state index is -3.17. The van der Waals surface area contributed by atoms with Crippen molar-refractivity contribution in [3.8, 4) is 0 Å². The average molecular weight is 393 g/mol. The number of rotatable bonds is 9. The van der Waals surface area contributed by atoms with E-state index in [-0.39, 0.29) is 5.91 Å². The van der Waals surface area contributed by atoms with Gasteiger partial charge in [-0.15, -0.1) is 0 Å². The molecule has 0 saturated heterocycles. The van der Waals surface area contributed by atoms with Gasteiger partial charge in [0.25, 0.3) is 0 Å². The van der Waals surface area contributed by atoms with Crippen molar-refractivity contribution in [3.05, 3.63) is 48.5 Å². The van der Waals surface area contributed by atoms with E-state index in [0.717, 1.165) is 34.9 Å². The molecule has 0 atom stereocenters. The molecule has 0 spiro atoms. The highest BCUT2D eigenvalue weighted by Crippen LogP contribution is 2.29. The predicted molar refractivity (Wildman–Crippen MR) is 107 cm³/mol. The molecule has 0 bridgehead atoms. The van der Waals surface area contributed by atoms with Crippen LogP contribution in [0.3, 0.4) is 0 Å². The highest BCUT2D eigenvalue weighted by Gasteiger charge is 2.07. The molecule has 1 amide bonds. The van der Waals surface area contributed by atoms with Gasteiger partial charge in [-0.05, 0) is 61.5 Å². The summed E-state index contributed by atoms with van der Waals surface area (Å²) < 4.78 is 23.0. The lowest BCUT2D eigenvalue weighted by molar-refractivity contribution is -0.115. The fraction of sp³-hybridized carbons (Fsp3) is 0.316. The first-order valence-electron chi connectivity index (χ1n) is 8.47. The van der Waals surface area contributed by atoms with Gasteiger partial charge in [0.2, 0.25) is 5.91 Å². The van der Waals surface area contributed by atoms with Crippen LogP contribution in [0, 0.1) is 0 Å². The molecule has 2 rings (SSSR count). The van der Waals surface area contributed by atoms with Crippen LogP contribution in [0.4, 0.5) is 5.69 Å². The molecule has 0 aromatic heterocycles. The number of carbonyl (C=O) groups excluding carboxylic acids is 1. The van der Waals surface area contributed by atoms with Crippen LogP contribution in [0.25, 0.3) is 0 Å². The molecular formula is C19H24N2O3S2. The zero-order valence-electron chi connectivity index (χ0n) is 15.0. The van der Waals surface area contributed by atoms with Crippen LogP contribution in [0.1, 0.15) is 19.8 Å². The van der Waals surface area contributed by atoms with Gasteiger partial charge in [-0.2, -0.15) is 0 Å². The van der Waals surface area contributed by atoms with Crippen LogP contribution in [0.15, 0.2) is 63.2 Å². The summed E-state index contributed by atoms with van der Waals surface area (Å²) in [6.07, 6.45) is 3.36. The van der Waals surface area contributed by atoms with E-state index in [2.05, 4.69) is 17.6 Å². The molecule has 26 heavy (non-hydrogen) atoms. The molecule has 0 aliphatic carbocycles. The molecule has 0 saturated carbocycles. The first-order chi connectivity index (χ1) is 12.4. The minimum Gasteiger partial charge on any atom is -0.325 e. The van der Waals surface area contributed by atoms with E-state index >= 15 is 0 Å². The summed E-state index contributed by atoms with van der Waals surface area (Å²) in [4.78, 5) is 14.1. The Morgan fingerprint density at radius 2 is 1.58 bits per heavy atom. The Balaban J connectivity index is 1.88. The predicted octanol–water partition coefficient (Wildman–Crippen LogP) is 3.57. The topological polar surface area (TPSA) is 75.3 Å². The van der Waals surface area contributed by atoms with Gasteiger partial charge in [0.1, 0.15) is 0 Å². The van der Waals surface area contributed by atoms with Gasteiger partial charge in [-0.1, -0.05) is 25.1 Å². The zero-order chi connectivity index (χ0) is 19.0. The van der Waals surface area contributed by atoms with Crippen LogP contribution < -0.4 is 10.6 Å². The van der Waals surface area contributed by atoms with Crippen molar-refractivity contribution in [2.75, 3.05) is 24.7 Å². The van der Waals surface area contributed by atoms with Crippen LogP contribution >= 0.6 is 11.8 Å². The second kappa shape index (κ2) is 9.75. The van der Waals surface area contributed by atoms with Crippen LogP contribution in [-0.4, -0.2) is 33.7 Å². The number of hydrogen-bond donors (Lipinski definition) is 2. The second-order valence-electron chi connectivity index (χ2n) is 5.95. The molecule has 0 radical (unpaired) electrons. The highest BCUT2D eigenvalue weighted by molar-refractivity contribution is 7.99. The number of benzene rings is 2.